The summed E-state index contributed by atoms with van der Waals surface area (Å²) in [5, 5.41) is 7.99. The number of hydrogen-bond acceptors (Lipinski definition) is 6. The highest BCUT2D eigenvalue weighted by Crippen LogP contribution is 2.08. The normalized spacial score (nSPS) is 13.0. The van der Waals surface area contributed by atoms with Crippen LogP contribution in [0.3, 0.4) is 0 Å². The van der Waals surface area contributed by atoms with Crippen molar-refractivity contribution in [1.29, 1.82) is 0 Å². The standard InChI is InChI=1S/C14H28N2O4Si/c1-7-18-15-12(3)11-13(16-19-8-2)9-10-14(17)20-21(4,5)6/h7-11H2,1-6H3/b15-12-,16-13+. The first-order chi connectivity index (χ1) is 9.78. The smallest absolute Gasteiger partial charge is 0.292 e. The molecule has 0 fully saturated rings. The molecule has 0 bridgehead atoms. The summed E-state index contributed by atoms with van der Waals surface area (Å²) >= 11 is 0. The number of nitrogens with zero attached hydrogens (tertiary/aromatic N) is 2. The fraction of sp³-hybridized carbons (Fsp3) is 0.786. The number of hydrogen-bond donors (Lipinski definition) is 0. The fourth-order valence-electron chi connectivity index (χ4n) is 1.46. The number of oxime groups is 2. The molecule has 0 amide bonds. The minimum atomic E-state index is -1.83. The molecule has 0 rings (SSSR count). The third-order valence-corrected chi connectivity index (χ3v) is 3.01. The lowest BCUT2D eigenvalue weighted by atomic mass is 10.1. The highest BCUT2D eigenvalue weighted by Gasteiger charge is 2.20. The zero-order valence-electron chi connectivity index (χ0n) is 14.1. The molecule has 122 valence electrons. The van der Waals surface area contributed by atoms with E-state index in [9.17, 15) is 4.79 Å². The second-order valence-corrected chi connectivity index (χ2v) is 10.0. The minimum absolute atomic E-state index is 0.183. The average molecular weight is 316 g/mol. The van der Waals surface area contributed by atoms with Crippen LogP contribution in [0.1, 0.15) is 40.0 Å². The van der Waals surface area contributed by atoms with Crippen LogP contribution in [-0.4, -0.2) is 38.9 Å². The Kier molecular flexibility index (Phi) is 9.69. The van der Waals surface area contributed by atoms with Gasteiger partial charge < -0.3 is 14.1 Å². The summed E-state index contributed by atoms with van der Waals surface area (Å²) in [6.07, 6.45) is 1.33. The number of carbonyl (C=O) groups is 1. The predicted octanol–water partition coefficient (Wildman–Crippen LogP) is 3.34. The van der Waals surface area contributed by atoms with Crippen LogP contribution < -0.4 is 0 Å². The topological polar surface area (TPSA) is 69.5 Å². The van der Waals surface area contributed by atoms with Gasteiger partial charge in [0.2, 0.25) is 8.32 Å². The molecule has 0 saturated carbocycles. The van der Waals surface area contributed by atoms with Crippen LogP contribution in [0.5, 0.6) is 0 Å². The molecule has 7 heteroatoms. The van der Waals surface area contributed by atoms with Crippen LogP contribution in [0.15, 0.2) is 10.3 Å². The molecule has 0 aliphatic carbocycles. The van der Waals surface area contributed by atoms with Crippen LogP contribution in [0, 0.1) is 0 Å². The summed E-state index contributed by atoms with van der Waals surface area (Å²) in [6, 6.07) is 0. The van der Waals surface area contributed by atoms with Crippen molar-refractivity contribution < 1.29 is 18.9 Å². The van der Waals surface area contributed by atoms with Crippen molar-refractivity contribution in [2.75, 3.05) is 13.2 Å². The second kappa shape index (κ2) is 10.4. The van der Waals surface area contributed by atoms with Crippen molar-refractivity contribution in [1.82, 2.24) is 0 Å². The van der Waals surface area contributed by atoms with Gasteiger partial charge in [-0.15, -0.1) is 0 Å². The van der Waals surface area contributed by atoms with Crippen molar-refractivity contribution in [3.05, 3.63) is 0 Å². The van der Waals surface area contributed by atoms with Crippen LogP contribution in [-0.2, 0) is 18.9 Å². The van der Waals surface area contributed by atoms with Crippen molar-refractivity contribution in [3.63, 3.8) is 0 Å². The van der Waals surface area contributed by atoms with Gasteiger partial charge in [0.05, 0.1) is 11.4 Å². The average Bonchev–Trinajstić information content (AvgIpc) is 2.37. The molecule has 6 nitrogen and oxygen atoms in total. The summed E-state index contributed by atoms with van der Waals surface area (Å²) in [5.74, 6) is -0.183. The van der Waals surface area contributed by atoms with Gasteiger partial charge in [-0.2, -0.15) is 0 Å². The molecule has 0 aliphatic rings. The van der Waals surface area contributed by atoms with Gasteiger partial charge >= 0.3 is 0 Å². The Labute approximate surface area is 128 Å². The van der Waals surface area contributed by atoms with Gasteiger partial charge in [0.15, 0.2) is 0 Å². The summed E-state index contributed by atoms with van der Waals surface area (Å²) in [7, 11) is -1.83. The molecule has 0 heterocycles. The van der Waals surface area contributed by atoms with E-state index in [1.165, 1.54) is 0 Å². The largest absolute Gasteiger partial charge is 0.520 e. The van der Waals surface area contributed by atoms with Crippen molar-refractivity contribution >= 4 is 25.7 Å². The third-order valence-electron chi connectivity index (χ3n) is 2.17. The van der Waals surface area contributed by atoms with Crippen LogP contribution in [0.25, 0.3) is 0 Å². The lowest BCUT2D eigenvalue weighted by Gasteiger charge is -2.17. The van der Waals surface area contributed by atoms with E-state index >= 15 is 0 Å². The van der Waals surface area contributed by atoms with Crippen LogP contribution >= 0.6 is 0 Å². The Hall–Kier alpha value is -1.37. The van der Waals surface area contributed by atoms with E-state index in [-0.39, 0.29) is 5.97 Å². The molecular formula is C14H28N2O4Si. The third kappa shape index (κ3) is 12.1. The molecule has 0 aromatic rings. The van der Waals surface area contributed by atoms with Gasteiger partial charge in [-0.1, -0.05) is 10.3 Å². The molecule has 21 heavy (non-hydrogen) atoms. The van der Waals surface area contributed by atoms with E-state index in [1.807, 2.05) is 40.4 Å². The molecule has 0 N–H and O–H groups in total. The van der Waals surface area contributed by atoms with E-state index in [1.54, 1.807) is 0 Å². The molecule has 0 aromatic heterocycles. The monoisotopic (exact) mass is 316 g/mol. The molecule has 0 saturated heterocycles. The van der Waals surface area contributed by atoms with E-state index < -0.39 is 8.32 Å². The van der Waals surface area contributed by atoms with Gasteiger partial charge in [0, 0.05) is 12.8 Å². The van der Waals surface area contributed by atoms with Crippen LogP contribution in [0.2, 0.25) is 19.6 Å². The first-order valence-corrected chi connectivity index (χ1v) is 10.7. The van der Waals surface area contributed by atoms with Gasteiger partial charge in [-0.25, -0.2) is 0 Å². The molecule has 0 unspecified atom stereocenters. The lowest BCUT2D eigenvalue weighted by Crippen LogP contribution is -2.29. The predicted molar refractivity (Wildman–Crippen MR) is 87.1 cm³/mol. The summed E-state index contributed by atoms with van der Waals surface area (Å²) in [5.41, 5.74) is 1.57. The molecule has 0 aromatic carbocycles. The summed E-state index contributed by atoms with van der Waals surface area (Å²) in [4.78, 5) is 21.8. The minimum Gasteiger partial charge on any atom is -0.520 e. The highest BCUT2D eigenvalue weighted by molar-refractivity contribution is 6.71. The number of carbonyl (C=O) groups excluding carboxylic acids is 1. The molecule has 0 aliphatic heterocycles. The van der Waals surface area contributed by atoms with Gasteiger partial charge in [-0.05, 0) is 46.8 Å². The SMILES string of the molecule is CCO/N=C(/C)C/C(CCC(=O)O[Si](C)(C)C)=N/OCC. The molecule has 0 spiro atoms. The maximum atomic E-state index is 11.8. The summed E-state index contributed by atoms with van der Waals surface area (Å²) < 4.78 is 5.41. The Morgan fingerprint density at radius 1 is 1.00 bits per heavy atom. The van der Waals surface area contributed by atoms with E-state index in [0.717, 1.165) is 11.4 Å². The highest BCUT2D eigenvalue weighted by atomic mass is 28.4. The van der Waals surface area contributed by atoms with Crippen LogP contribution in [0.4, 0.5) is 0 Å². The van der Waals surface area contributed by atoms with Gasteiger partial charge in [0.1, 0.15) is 13.2 Å². The Bertz CT molecular complexity index is 376. The van der Waals surface area contributed by atoms with E-state index in [2.05, 4.69) is 10.3 Å². The van der Waals surface area contributed by atoms with Gasteiger partial charge in [0.25, 0.3) is 5.97 Å². The van der Waals surface area contributed by atoms with E-state index in [4.69, 9.17) is 14.1 Å². The molecule has 0 atom stereocenters. The first kappa shape index (κ1) is 19.6. The zero-order chi connectivity index (χ0) is 16.3. The van der Waals surface area contributed by atoms with Crippen molar-refractivity contribution in [3.8, 4) is 0 Å². The van der Waals surface area contributed by atoms with Crippen molar-refractivity contribution in [2.45, 2.75) is 59.7 Å². The Morgan fingerprint density at radius 2 is 1.57 bits per heavy atom. The quantitative estimate of drug-likeness (QED) is 0.352. The summed E-state index contributed by atoms with van der Waals surface area (Å²) in [6.45, 7) is 12.6. The lowest BCUT2D eigenvalue weighted by molar-refractivity contribution is -0.134. The van der Waals surface area contributed by atoms with Crippen molar-refractivity contribution in [2.24, 2.45) is 10.3 Å². The maximum absolute atomic E-state index is 11.8. The molecular weight excluding hydrogens is 288 g/mol. The Balaban J connectivity index is 4.47. The zero-order valence-corrected chi connectivity index (χ0v) is 15.1. The fourth-order valence-corrected chi connectivity index (χ4v) is 2.25. The van der Waals surface area contributed by atoms with E-state index in [0.29, 0.717) is 32.5 Å². The molecule has 0 radical (unpaired) electrons. The Morgan fingerprint density at radius 3 is 2.10 bits per heavy atom. The maximum Gasteiger partial charge on any atom is 0.292 e. The van der Waals surface area contributed by atoms with Gasteiger partial charge in [-0.3, -0.25) is 4.79 Å². The second-order valence-electron chi connectivity index (χ2n) is 5.58. The number of rotatable bonds is 10. The first-order valence-electron chi connectivity index (χ1n) is 7.33.